The van der Waals surface area contributed by atoms with Crippen molar-refractivity contribution < 1.29 is 13.2 Å². The molecule has 0 saturated carbocycles. The molecule has 1 atom stereocenters. The molecule has 1 aliphatic carbocycles. The summed E-state index contributed by atoms with van der Waals surface area (Å²) in [4.78, 5) is 23.7. The van der Waals surface area contributed by atoms with E-state index in [4.69, 9.17) is 0 Å². The molecule has 1 unspecified atom stereocenters. The molecule has 170 valence electrons. The second-order valence-electron chi connectivity index (χ2n) is 8.24. The minimum Gasteiger partial charge on any atom is -0.309 e. The monoisotopic (exact) mass is 470 g/mol. The van der Waals surface area contributed by atoms with Crippen LogP contribution in [0.1, 0.15) is 33.6 Å². The number of halogens is 3. The Balaban J connectivity index is 1.37. The molecule has 3 aromatic heterocycles. The predicted molar refractivity (Wildman–Crippen MR) is 121 cm³/mol. The van der Waals surface area contributed by atoms with E-state index in [1.165, 1.54) is 28.3 Å². The van der Waals surface area contributed by atoms with Crippen molar-refractivity contribution in [2.24, 2.45) is 0 Å². The van der Waals surface area contributed by atoms with Crippen molar-refractivity contribution in [1.82, 2.24) is 19.9 Å². The Morgan fingerprint density at radius 3 is 2.82 bits per heavy atom. The molecule has 0 saturated heterocycles. The van der Waals surface area contributed by atoms with Gasteiger partial charge in [0.25, 0.3) is 5.56 Å². The molecule has 33 heavy (non-hydrogen) atoms. The Morgan fingerprint density at radius 2 is 2.03 bits per heavy atom. The number of benzene rings is 1. The highest BCUT2D eigenvalue weighted by Crippen LogP contribution is 2.34. The van der Waals surface area contributed by atoms with Crippen LogP contribution >= 0.6 is 11.3 Å². The van der Waals surface area contributed by atoms with Crippen LogP contribution in [-0.2, 0) is 32.1 Å². The van der Waals surface area contributed by atoms with Gasteiger partial charge in [-0.15, -0.1) is 11.3 Å². The molecule has 0 aliphatic heterocycles. The maximum Gasteiger partial charge on any atom is 0.416 e. The zero-order chi connectivity index (χ0) is 23.0. The highest BCUT2D eigenvalue weighted by Gasteiger charge is 2.30. The van der Waals surface area contributed by atoms with Crippen LogP contribution in [-0.4, -0.2) is 20.6 Å². The molecule has 0 bridgehead atoms. The summed E-state index contributed by atoms with van der Waals surface area (Å²) >= 11 is 1.53. The highest BCUT2D eigenvalue weighted by atomic mass is 32.1. The third kappa shape index (κ3) is 4.56. The average molecular weight is 471 g/mol. The molecule has 1 aliphatic rings. The van der Waals surface area contributed by atoms with E-state index >= 15 is 0 Å². The van der Waals surface area contributed by atoms with Gasteiger partial charge in [0.2, 0.25) is 0 Å². The molecule has 9 heteroatoms. The molecular formula is C24H21F3N4OS. The number of pyridine rings is 1. The first-order chi connectivity index (χ1) is 15.9. The number of thiophene rings is 1. The zero-order valence-corrected chi connectivity index (χ0v) is 18.4. The number of fused-ring (bicyclic) bond motifs is 3. The van der Waals surface area contributed by atoms with Crippen LogP contribution in [0.25, 0.3) is 10.2 Å². The van der Waals surface area contributed by atoms with Gasteiger partial charge in [0.15, 0.2) is 0 Å². The number of alkyl halides is 3. The van der Waals surface area contributed by atoms with Gasteiger partial charge >= 0.3 is 6.18 Å². The zero-order valence-electron chi connectivity index (χ0n) is 17.6. The molecular weight excluding hydrogens is 449 g/mol. The standard InChI is InChI=1S/C24H21F3N4OS/c25-24(26,27)17-5-1-3-15(9-17)13-31-14-30-22-21(23(31)32)19-7-6-18(10-20(19)33-22)29-12-16-4-2-8-28-11-16/h1-5,8-9,11,14,18,29H,6-7,10,12-13H2. The first-order valence-corrected chi connectivity index (χ1v) is 11.5. The van der Waals surface area contributed by atoms with E-state index in [2.05, 4.69) is 15.3 Å². The summed E-state index contributed by atoms with van der Waals surface area (Å²) in [7, 11) is 0. The molecule has 0 radical (unpaired) electrons. The lowest BCUT2D eigenvalue weighted by atomic mass is 9.93. The number of rotatable bonds is 5. The number of aromatic nitrogens is 3. The van der Waals surface area contributed by atoms with Crippen molar-refractivity contribution in [3.8, 4) is 0 Å². The normalized spacial score (nSPS) is 16.2. The fourth-order valence-electron chi connectivity index (χ4n) is 4.30. The number of hydrogen-bond acceptors (Lipinski definition) is 5. The van der Waals surface area contributed by atoms with Crippen molar-refractivity contribution in [2.75, 3.05) is 0 Å². The third-order valence-corrected chi connectivity index (χ3v) is 7.12. The molecule has 5 nitrogen and oxygen atoms in total. The quantitative estimate of drug-likeness (QED) is 0.464. The summed E-state index contributed by atoms with van der Waals surface area (Å²) in [6, 6.07) is 9.31. The molecule has 4 aromatic rings. The van der Waals surface area contributed by atoms with E-state index in [1.807, 2.05) is 18.3 Å². The van der Waals surface area contributed by atoms with Crippen molar-refractivity contribution in [3.05, 3.63) is 92.6 Å². The van der Waals surface area contributed by atoms with E-state index in [0.717, 1.165) is 53.9 Å². The lowest BCUT2D eigenvalue weighted by molar-refractivity contribution is -0.137. The van der Waals surface area contributed by atoms with Crippen LogP contribution in [0.4, 0.5) is 13.2 Å². The van der Waals surface area contributed by atoms with Gasteiger partial charge in [0, 0.05) is 29.9 Å². The predicted octanol–water partition coefficient (Wildman–Crippen LogP) is 4.57. The van der Waals surface area contributed by atoms with E-state index in [-0.39, 0.29) is 12.1 Å². The summed E-state index contributed by atoms with van der Waals surface area (Å²) in [5, 5.41) is 4.18. The second kappa shape index (κ2) is 8.72. The number of nitrogens with one attached hydrogen (secondary N) is 1. The topological polar surface area (TPSA) is 59.8 Å². The number of nitrogens with zero attached hydrogens (tertiary/aromatic N) is 3. The largest absolute Gasteiger partial charge is 0.416 e. The van der Waals surface area contributed by atoms with Crippen LogP contribution in [0.15, 0.2) is 59.9 Å². The first kappa shape index (κ1) is 21.8. The van der Waals surface area contributed by atoms with Gasteiger partial charge in [-0.25, -0.2) is 4.98 Å². The summed E-state index contributed by atoms with van der Waals surface area (Å²) in [6.07, 6.45) is 3.11. The maximum atomic E-state index is 13.2. The summed E-state index contributed by atoms with van der Waals surface area (Å²) in [6.45, 7) is 0.784. The molecule has 1 N–H and O–H groups in total. The summed E-state index contributed by atoms with van der Waals surface area (Å²) < 4.78 is 40.5. The van der Waals surface area contributed by atoms with Gasteiger partial charge in [-0.3, -0.25) is 14.3 Å². The second-order valence-corrected chi connectivity index (χ2v) is 9.33. The number of aryl methyl sites for hydroxylation is 1. The van der Waals surface area contributed by atoms with E-state index in [0.29, 0.717) is 21.8 Å². The van der Waals surface area contributed by atoms with Crippen LogP contribution in [0.3, 0.4) is 0 Å². The molecule has 0 fully saturated rings. The lowest BCUT2D eigenvalue weighted by Crippen LogP contribution is -2.33. The van der Waals surface area contributed by atoms with Crippen molar-refractivity contribution >= 4 is 21.6 Å². The average Bonchev–Trinajstić information content (AvgIpc) is 3.18. The van der Waals surface area contributed by atoms with Crippen LogP contribution < -0.4 is 10.9 Å². The minimum absolute atomic E-state index is 0.0472. The van der Waals surface area contributed by atoms with Gasteiger partial charge in [-0.1, -0.05) is 18.2 Å². The first-order valence-electron chi connectivity index (χ1n) is 10.7. The van der Waals surface area contributed by atoms with Crippen LogP contribution in [0.5, 0.6) is 0 Å². The highest BCUT2D eigenvalue weighted by molar-refractivity contribution is 7.18. The maximum absolute atomic E-state index is 13.2. The Labute approximate surface area is 191 Å². The third-order valence-electron chi connectivity index (χ3n) is 5.96. The van der Waals surface area contributed by atoms with E-state index < -0.39 is 11.7 Å². The van der Waals surface area contributed by atoms with E-state index in [1.54, 1.807) is 12.3 Å². The number of hydrogen-bond donors (Lipinski definition) is 1. The molecule has 0 amide bonds. The Hall–Kier alpha value is -3.04. The minimum atomic E-state index is -4.42. The van der Waals surface area contributed by atoms with Crippen molar-refractivity contribution in [2.45, 2.75) is 44.6 Å². The fraction of sp³-hybridized carbons (Fsp3) is 0.292. The molecule has 5 rings (SSSR count). The van der Waals surface area contributed by atoms with Gasteiger partial charge < -0.3 is 5.32 Å². The summed E-state index contributed by atoms with van der Waals surface area (Å²) in [5.41, 5.74) is 1.65. The van der Waals surface area contributed by atoms with Gasteiger partial charge in [-0.2, -0.15) is 13.2 Å². The molecule has 3 heterocycles. The smallest absolute Gasteiger partial charge is 0.309 e. The van der Waals surface area contributed by atoms with Crippen molar-refractivity contribution in [3.63, 3.8) is 0 Å². The van der Waals surface area contributed by atoms with Gasteiger partial charge in [0.1, 0.15) is 4.83 Å². The van der Waals surface area contributed by atoms with Gasteiger partial charge in [0.05, 0.1) is 23.8 Å². The SMILES string of the molecule is O=c1c2c3c(sc2ncn1Cc1cccc(C(F)(F)F)c1)CC(NCc1cccnc1)CC3. The van der Waals surface area contributed by atoms with E-state index in [9.17, 15) is 18.0 Å². The molecule has 0 spiro atoms. The fourth-order valence-corrected chi connectivity index (χ4v) is 5.55. The Bertz CT molecular complexity index is 1350. The Morgan fingerprint density at radius 1 is 1.18 bits per heavy atom. The lowest BCUT2D eigenvalue weighted by Gasteiger charge is -2.23. The van der Waals surface area contributed by atoms with Crippen LogP contribution in [0.2, 0.25) is 0 Å². The van der Waals surface area contributed by atoms with Crippen LogP contribution in [0, 0.1) is 0 Å². The molecule has 1 aromatic carbocycles. The van der Waals surface area contributed by atoms with Gasteiger partial charge in [-0.05, 0) is 54.2 Å². The van der Waals surface area contributed by atoms with Crippen molar-refractivity contribution in [1.29, 1.82) is 0 Å². The summed E-state index contributed by atoms with van der Waals surface area (Å²) in [5.74, 6) is 0. The Kier molecular flexibility index (Phi) is 5.76.